The summed E-state index contributed by atoms with van der Waals surface area (Å²) in [5, 5.41) is 0. The zero-order valence-electron chi connectivity index (χ0n) is 36.2. The zero-order valence-corrected chi connectivity index (χ0v) is 36.2. The van der Waals surface area contributed by atoms with Gasteiger partial charge in [-0.05, 0) is 151 Å². The minimum atomic E-state index is -0.588. The predicted molar refractivity (Wildman–Crippen MR) is 272 cm³/mol. The second-order valence-corrected chi connectivity index (χ2v) is 16.4. The molecule has 0 saturated heterocycles. The van der Waals surface area contributed by atoms with Gasteiger partial charge in [0.1, 0.15) is 0 Å². The van der Waals surface area contributed by atoms with E-state index in [9.17, 15) is 0 Å². The van der Waals surface area contributed by atoms with E-state index in [2.05, 4.69) is 239 Å². The van der Waals surface area contributed by atoms with Crippen LogP contribution in [-0.4, -0.2) is 0 Å². The molecule has 0 amide bonds. The SMILES string of the molecule is C=C/C=C\C(=C/C)c1cc(/C(C=C)=C/C=C\C)cc(-c2cccc(C3(c4cccc(-c5cc(-c6ccccc6)cc(C6C=CC=CC6)c5)c4)c4ccccc4-c4ccccc43)c2)c1. The van der Waals surface area contributed by atoms with Gasteiger partial charge < -0.3 is 0 Å². The Labute approximate surface area is 374 Å². The van der Waals surface area contributed by atoms with E-state index in [4.69, 9.17) is 0 Å². The van der Waals surface area contributed by atoms with Crippen LogP contribution in [0.4, 0.5) is 0 Å². The Kier molecular flexibility index (Phi) is 11.8. The molecule has 0 saturated carbocycles. The number of hydrogen-bond acceptors (Lipinski definition) is 0. The van der Waals surface area contributed by atoms with Crippen LogP contribution in [-0.2, 0) is 5.41 Å². The lowest BCUT2D eigenvalue weighted by atomic mass is 9.67. The van der Waals surface area contributed by atoms with E-state index in [1.54, 1.807) is 0 Å². The summed E-state index contributed by atoms with van der Waals surface area (Å²) in [5.74, 6) is 0.324. The number of hydrogen-bond donors (Lipinski definition) is 0. The minimum Gasteiger partial charge on any atom is -0.0991 e. The zero-order chi connectivity index (χ0) is 43.2. The molecule has 0 fully saturated rings. The van der Waals surface area contributed by atoms with Crippen LogP contribution in [0, 0.1) is 0 Å². The molecule has 2 aliphatic carbocycles. The second kappa shape index (κ2) is 18.2. The molecule has 0 N–H and O–H groups in total. The van der Waals surface area contributed by atoms with Gasteiger partial charge in [0.15, 0.2) is 0 Å². The average molecular weight is 809 g/mol. The Morgan fingerprint density at radius 1 is 0.540 bits per heavy atom. The number of fused-ring (bicyclic) bond motifs is 3. The lowest BCUT2D eigenvalue weighted by molar-refractivity contribution is 0.769. The average Bonchev–Trinajstić information content (AvgIpc) is 3.66. The van der Waals surface area contributed by atoms with Crippen LogP contribution in [0.25, 0.3) is 55.7 Å². The van der Waals surface area contributed by atoms with E-state index < -0.39 is 5.41 Å². The van der Waals surface area contributed by atoms with Crippen molar-refractivity contribution in [1.82, 2.24) is 0 Å². The van der Waals surface area contributed by atoms with Crippen LogP contribution >= 0.6 is 0 Å². The van der Waals surface area contributed by atoms with Gasteiger partial charge in [-0.1, -0.05) is 213 Å². The Balaban J connectivity index is 1.27. The molecule has 0 radical (unpaired) electrons. The molecule has 0 heterocycles. The van der Waals surface area contributed by atoms with Crippen molar-refractivity contribution in [2.24, 2.45) is 0 Å². The van der Waals surface area contributed by atoms with Crippen molar-refractivity contribution in [1.29, 1.82) is 0 Å². The summed E-state index contributed by atoms with van der Waals surface area (Å²) in [6, 6.07) is 61.5. The topological polar surface area (TPSA) is 0 Å². The van der Waals surface area contributed by atoms with Gasteiger partial charge in [0.2, 0.25) is 0 Å². The van der Waals surface area contributed by atoms with Gasteiger partial charge >= 0.3 is 0 Å². The van der Waals surface area contributed by atoms with Crippen molar-refractivity contribution >= 4 is 11.1 Å². The third-order valence-electron chi connectivity index (χ3n) is 12.7. The van der Waals surface area contributed by atoms with Gasteiger partial charge in [-0.15, -0.1) is 0 Å². The molecule has 0 bridgehead atoms. The normalized spacial score (nSPS) is 15.4. The first kappa shape index (κ1) is 40.8. The standard InChI is InChI=1S/C63H52/c1-5-9-23-45(7-3)51-37-52(46(8-4)24-10-6-2)39-55(38-51)49-29-21-31-57(43-49)63(61-35-19-17-33-59(61)60-34-18-20-36-62(60)63)58-32-22-30-50(44-58)56-41-53(47-25-13-11-14-26-47)40-54(42-56)48-27-15-12-16-28-48/h5-27,29-44,48H,1,4,28H2,2-3H3/b10-6-,23-9-,45-7+,46-24+. The first-order chi connectivity index (χ1) is 31.0. The van der Waals surface area contributed by atoms with Gasteiger partial charge in [0, 0.05) is 5.92 Å². The molecular formula is C63H52. The fourth-order valence-corrected chi connectivity index (χ4v) is 9.69. The van der Waals surface area contributed by atoms with Crippen LogP contribution in [0.5, 0.6) is 0 Å². The highest BCUT2D eigenvalue weighted by molar-refractivity contribution is 5.89. The lowest BCUT2D eigenvalue weighted by Gasteiger charge is -2.34. The summed E-state index contributed by atoms with van der Waals surface area (Å²) < 4.78 is 0. The van der Waals surface area contributed by atoms with Gasteiger partial charge in [0.05, 0.1) is 5.41 Å². The number of allylic oxidation sites excluding steroid dienone is 14. The van der Waals surface area contributed by atoms with Crippen LogP contribution in [0.15, 0.2) is 250 Å². The Hall–Kier alpha value is -7.54. The fraction of sp³-hybridized carbons (Fsp3) is 0.0794. The fourth-order valence-electron chi connectivity index (χ4n) is 9.69. The molecule has 1 unspecified atom stereocenters. The van der Waals surface area contributed by atoms with Gasteiger partial charge in [-0.3, -0.25) is 0 Å². The molecule has 7 aromatic carbocycles. The second-order valence-electron chi connectivity index (χ2n) is 16.4. The first-order valence-electron chi connectivity index (χ1n) is 22.1. The summed E-state index contributed by atoms with van der Waals surface area (Å²) in [6.45, 7) is 12.3. The first-order valence-corrected chi connectivity index (χ1v) is 22.1. The highest BCUT2D eigenvalue weighted by Gasteiger charge is 2.46. The van der Waals surface area contributed by atoms with Crippen LogP contribution in [0.2, 0.25) is 0 Å². The summed E-state index contributed by atoms with van der Waals surface area (Å²) in [5.41, 5.74) is 20.0. The summed E-state index contributed by atoms with van der Waals surface area (Å²) in [6.07, 6.45) is 26.3. The minimum absolute atomic E-state index is 0.324. The molecular weight excluding hydrogens is 757 g/mol. The maximum absolute atomic E-state index is 4.22. The Bertz CT molecular complexity index is 2980. The van der Waals surface area contributed by atoms with Crippen molar-refractivity contribution in [3.05, 3.63) is 289 Å². The molecule has 1 atom stereocenters. The van der Waals surface area contributed by atoms with Crippen LogP contribution in [0.1, 0.15) is 65.1 Å². The van der Waals surface area contributed by atoms with E-state index in [0.717, 1.165) is 39.8 Å². The maximum Gasteiger partial charge on any atom is 0.0713 e. The van der Waals surface area contributed by atoms with E-state index in [1.165, 1.54) is 61.2 Å². The molecule has 0 spiro atoms. The third kappa shape index (κ3) is 7.82. The molecule has 0 nitrogen and oxygen atoms in total. The monoisotopic (exact) mass is 808 g/mol. The molecule has 0 aromatic heterocycles. The van der Waals surface area contributed by atoms with Crippen molar-refractivity contribution in [2.75, 3.05) is 0 Å². The van der Waals surface area contributed by atoms with Gasteiger partial charge in [0.25, 0.3) is 0 Å². The third-order valence-corrected chi connectivity index (χ3v) is 12.7. The van der Waals surface area contributed by atoms with Crippen molar-refractivity contribution in [3.63, 3.8) is 0 Å². The van der Waals surface area contributed by atoms with Crippen molar-refractivity contribution < 1.29 is 0 Å². The summed E-state index contributed by atoms with van der Waals surface area (Å²) >= 11 is 0. The highest BCUT2D eigenvalue weighted by Crippen LogP contribution is 2.56. The number of benzene rings is 7. The summed E-state index contributed by atoms with van der Waals surface area (Å²) in [4.78, 5) is 0. The molecule has 7 aromatic rings. The molecule has 0 aliphatic heterocycles. The van der Waals surface area contributed by atoms with Gasteiger partial charge in [-0.2, -0.15) is 0 Å². The van der Waals surface area contributed by atoms with Crippen LogP contribution < -0.4 is 0 Å². The van der Waals surface area contributed by atoms with E-state index in [-0.39, 0.29) is 0 Å². The molecule has 9 rings (SSSR count). The smallest absolute Gasteiger partial charge is 0.0713 e. The summed E-state index contributed by atoms with van der Waals surface area (Å²) in [7, 11) is 0. The highest BCUT2D eigenvalue weighted by atomic mass is 14.5. The molecule has 0 heteroatoms. The molecule has 63 heavy (non-hydrogen) atoms. The number of rotatable bonds is 12. The molecule has 2 aliphatic rings. The molecule has 304 valence electrons. The van der Waals surface area contributed by atoms with Crippen LogP contribution in [0.3, 0.4) is 0 Å². The van der Waals surface area contributed by atoms with Crippen molar-refractivity contribution in [2.45, 2.75) is 31.6 Å². The van der Waals surface area contributed by atoms with E-state index in [1.807, 2.05) is 25.2 Å². The Morgan fingerprint density at radius 3 is 1.71 bits per heavy atom. The Morgan fingerprint density at radius 2 is 1.13 bits per heavy atom. The van der Waals surface area contributed by atoms with Gasteiger partial charge in [-0.25, -0.2) is 0 Å². The van der Waals surface area contributed by atoms with E-state index in [0.29, 0.717) is 5.92 Å². The largest absolute Gasteiger partial charge is 0.0991 e. The predicted octanol–water partition coefficient (Wildman–Crippen LogP) is 16.9. The maximum atomic E-state index is 4.22. The van der Waals surface area contributed by atoms with E-state index >= 15 is 0 Å². The van der Waals surface area contributed by atoms with Crippen molar-refractivity contribution in [3.8, 4) is 44.5 Å². The quantitative estimate of drug-likeness (QED) is 0.108. The lowest BCUT2D eigenvalue weighted by Crippen LogP contribution is -2.28.